The standard InChI is InChI=1S/C18H23FN4O2/c1-18(2,3)23-11-14(10-22-23)17(25)21-9-13(16(20)24)8-12-4-6-15(19)7-5-12/h4-7,10-11,13H,8-9H2,1-3H3,(H2,20,24)(H,21,25)/t13-/m0/s1. The van der Waals surface area contributed by atoms with E-state index in [0.717, 1.165) is 5.56 Å². The fraction of sp³-hybridized carbons (Fsp3) is 0.389. The Labute approximate surface area is 146 Å². The summed E-state index contributed by atoms with van der Waals surface area (Å²) in [5.41, 5.74) is 6.39. The second-order valence-corrected chi connectivity index (χ2v) is 6.98. The van der Waals surface area contributed by atoms with Gasteiger partial charge >= 0.3 is 0 Å². The Morgan fingerprint density at radius 2 is 1.92 bits per heavy atom. The maximum atomic E-state index is 13.0. The molecular formula is C18H23FN4O2. The lowest BCUT2D eigenvalue weighted by atomic mass is 9.98. The van der Waals surface area contributed by atoms with E-state index in [1.807, 2.05) is 20.8 Å². The van der Waals surface area contributed by atoms with Crippen molar-refractivity contribution in [2.24, 2.45) is 11.7 Å². The predicted molar refractivity (Wildman–Crippen MR) is 92.3 cm³/mol. The number of carbonyl (C=O) groups excluding carboxylic acids is 2. The number of amides is 2. The zero-order valence-electron chi connectivity index (χ0n) is 14.6. The van der Waals surface area contributed by atoms with Crippen molar-refractivity contribution in [3.8, 4) is 0 Å². The van der Waals surface area contributed by atoms with E-state index in [1.165, 1.54) is 18.3 Å². The molecule has 3 N–H and O–H groups in total. The summed E-state index contributed by atoms with van der Waals surface area (Å²) in [5, 5.41) is 6.89. The fourth-order valence-corrected chi connectivity index (χ4v) is 2.30. The van der Waals surface area contributed by atoms with E-state index >= 15 is 0 Å². The van der Waals surface area contributed by atoms with Crippen molar-refractivity contribution in [2.45, 2.75) is 32.7 Å². The van der Waals surface area contributed by atoms with E-state index in [4.69, 9.17) is 5.73 Å². The molecule has 0 unspecified atom stereocenters. The molecule has 0 saturated heterocycles. The number of hydrogen-bond donors (Lipinski definition) is 2. The van der Waals surface area contributed by atoms with E-state index < -0.39 is 11.8 Å². The van der Waals surface area contributed by atoms with Gasteiger partial charge in [-0.25, -0.2) is 4.39 Å². The molecule has 0 spiro atoms. The van der Waals surface area contributed by atoms with Gasteiger partial charge in [0.15, 0.2) is 0 Å². The normalized spacial score (nSPS) is 12.6. The lowest BCUT2D eigenvalue weighted by Crippen LogP contribution is -2.37. The predicted octanol–water partition coefficient (Wildman–Crippen LogP) is 1.85. The smallest absolute Gasteiger partial charge is 0.254 e. The molecule has 0 aliphatic carbocycles. The highest BCUT2D eigenvalue weighted by Crippen LogP contribution is 2.13. The number of nitrogens with two attached hydrogens (primary N) is 1. The summed E-state index contributed by atoms with van der Waals surface area (Å²) in [6.45, 7) is 6.04. The van der Waals surface area contributed by atoms with Crippen LogP contribution >= 0.6 is 0 Å². The number of nitrogens with zero attached hydrogens (tertiary/aromatic N) is 2. The summed E-state index contributed by atoms with van der Waals surface area (Å²) in [5.74, 6) is -1.76. The van der Waals surface area contributed by atoms with Gasteiger partial charge in [-0.3, -0.25) is 14.3 Å². The average molecular weight is 346 g/mol. The number of rotatable bonds is 6. The van der Waals surface area contributed by atoms with Crippen molar-refractivity contribution < 1.29 is 14.0 Å². The number of aromatic nitrogens is 2. The first-order valence-electron chi connectivity index (χ1n) is 8.04. The van der Waals surface area contributed by atoms with Crippen molar-refractivity contribution in [2.75, 3.05) is 6.54 Å². The molecule has 134 valence electrons. The highest BCUT2D eigenvalue weighted by Gasteiger charge is 2.20. The molecule has 2 amide bonds. The highest BCUT2D eigenvalue weighted by molar-refractivity contribution is 5.94. The number of hydrogen-bond acceptors (Lipinski definition) is 3. The molecule has 1 aromatic heterocycles. The minimum atomic E-state index is -0.577. The van der Waals surface area contributed by atoms with Crippen LogP contribution in [0, 0.1) is 11.7 Å². The SMILES string of the molecule is CC(C)(C)n1cc(C(=O)NC[C@H](Cc2ccc(F)cc2)C(N)=O)cn1. The third kappa shape index (κ3) is 5.14. The molecule has 0 aliphatic rings. The number of carbonyl (C=O) groups is 2. The van der Waals surface area contributed by atoms with Gasteiger partial charge in [0.2, 0.25) is 5.91 Å². The van der Waals surface area contributed by atoms with Crippen LogP contribution in [0.3, 0.4) is 0 Å². The van der Waals surface area contributed by atoms with Crippen molar-refractivity contribution in [3.63, 3.8) is 0 Å². The molecule has 2 rings (SSSR count). The van der Waals surface area contributed by atoms with Crippen molar-refractivity contribution >= 4 is 11.8 Å². The molecule has 6 nitrogen and oxygen atoms in total. The Morgan fingerprint density at radius 1 is 1.28 bits per heavy atom. The molecule has 0 aliphatic heterocycles. The molecule has 1 atom stereocenters. The summed E-state index contributed by atoms with van der Waals surface area (Å²) < 4.78 is 14.7. The Morgan fingerprint density at radius 3 is 2.44 bits per heavy atom. The fourth-order valence-electron chi connectivity index (χ4n) is 2.30. The van der Waals surface area contributed by atoms with Gasteiger partial charge in [-0.05, 0) is 44.9 Å². The van der Waals surface area contributed by atoms with E-state index in [-0.39, 0.29) is 23.8 Å². The van der Waals surface area contributed by atoms with Crippen molar-refractivity contribution in [1.82, 2.24) is 15.1 Å². The number of nitrogens with one attached hydrogen (secondary N) is 1. The van der Waals surface area contributed by atoms with E-state index in [2.05, 4.69) is 10.4 Å². The maximum Gasteiger partial charge on any atom is 0.254 e. The molecule has 0 radical (unpaired) electrons. The first-order valence-corrected chi connectivity index (χ1v) is 8.04. The van der Waals surface area contributed by atoms with Crippen LogP contribution in [0.1, 0.15) is 36.7 Å². The molecule has 1 aromatic carbocycles. The molecule has 0 saturated carbocycles. The maximum absolute atomic E-state index is 13.0. The Bertz CT molecular complexity index is 747. The Hall–Kier alpha value is -2.70. The molecule has 25 heavy (non-hydrogen) atoms. The molecule has 1 heterocycles. The van der Waals surface area contributed by atoms with Gasteiger partial charge in [0.1, 0.15) is 5.82 Å². The van der Waals surface area contributed by atoms with Crippen LogP contribution < -0.4 is 11.1 Å². The molecule has 2 aromatic rings. The second kappa shape index (κ2) is 7.46. The topological polar surface area (TPSA) is 90.0 Å². The number of primary amides is 1. The Kier molecular flexibility index (Phi) is 5.56. The van der Waals surface area contributed by atoms with E-state index in [1.54, 1.807) is 23.0 Å². The zero-order chi connectivity index (χ0) is 18.6. The van der Waals surface area contributed by atoms with Gasteiger partial charge in [0, 0.05) is 12.7 Å². The van der Waals surface area contributed by atoms with Gasteiger partial charge in [-0.1, -0.05) is 12.1 Å². The molecule has 7 heteroatoms. The quantitative estimate of drug-likeness (QED) is 0.836. The van der Waals surface area contributed by atoms with Crippen molar-refractivity contribution in [1.29, 1.82) is 0 Å². The third-order valence-electron chi connectivity index (χ3n) is 3.84. The zero-order valence-corrected chi connectivity index (χ0v) is 14.6. The van der Waals surface area contributed by atoms with Crippen LogP contribution in [0.4, 0.5) is 4.39 Å². The highest BCUT2D eigenvalue weighted by atomic mass is 19.1. The van der Waals surface area contributed by atoms with E-state index in [9.17, 15) is 14.0 Å². The van der Waals surface area contributed by atoms with Crippen LogP contribution in [0.5, 0.6) is 0 Å². The Balaban J connectivity index is 1.98. The summed E-state index contributed by atoms with van der Waals surface area (Å²) in [6, 6.07) is 5.85. The first-order chi connectivity index (χ1) is 11.7. The van der Waals surface area contributed by atoms with Gasteiger partial charge in [0.25, 0.3) is 5.91 Å². The molecular weight excluding hydrogens is 323 g/mol. The van der Waals surface area contributed by atoms with Crippen molar-refractivity contribution in [3.05, 3.63) is 53.6 Å². The molecule has 0 fully saturated rings. The number of benzene rings is 1. The summed E-state index contributed by atoms with van der Waals surface area (Å²) in [4.78, 5) is 23.9. The van der Waals surface area contributed by atoms with Gasteiger partial charge in [-0.15, -0.1) is 0 Å². The van der Waals surface area contributed by atoms with Crippen LogP contribution in [-0.2, 0) is 16.8 Å². The summed E-state index contributed by atoms with van der Waals surface area (Å²) in [6.07, 6.45) is 3.48. The van der Waals surface area contributed by atoms with Crippen LogP contribution in [0.15, 0.2) is 36.7 Å². The largest absolute Gasteiger partial charge is 0.369 e. The lowest BCUT2D eigenvalue weighted by Gasteiger charge is -2.18. The summed E-state index contributed by atoms with van der Waals surface area (Å²) in [7, 11) is 0. The third-order valence-corrected chi connectivity index (χ3v) is 3.84. The second-order valence-electron chi connectivity index (χ2n) is 6.98. The number of halogens is 1. The summed E-state index contributed by atoms with van der Waals surface area (Å²) >= 11 is 0. The van der Waals surface area contributed by atoms with Crippen LogP contribution in [0.2, 0.25) is 0 Å². The van der Waals surface area contributed by atoms with Gasteiger partial charge < -0.3 is 11.1 Å². The monoisotopic (exact) mass is 346 g/mol. The van der Waals surface area contributed by atoms with Crippen LogP contribution in [-0.4, -0.2) is 28.1 Å². The lowest BCUT2D eigenvalue weighted by molar-refractivity contribution is -0.121. The average Bonchev–Trinajstić information content (AvgIpc) is 3.03. The van der Waals surface area contributed by atoms with Crippen LogP contribution in [0.25, 0.3) is 0 Å². The van der Waals surface area contributed by atoms with Gasteiger partial charge in [-0.2, -0.15) is 5.10 Å². The minimum absolute atomic E-state index is 0.103. The minimum Gasteiger partial charge on any atom is -0.369 e. The first kappa shape index (κ1) is 18.6. The van der Waals surface area contributed by atoms with E-state index in [0.29, 0.717) is 12.0 Å². The molecule has 0 bridgehead atoms. The van der Waals surface area contributed by atoms with Gasteiger partial charge in [0.05, 0.1) is 23.2 Å².